The molecule has 0 unspecified atom stereocenters. The van der Waals surface area contributed by atoms with Crippen LogP contribution < -0.4 is 20.1 Å². The van der Waals surface area contributed by atoms with Crippen molar-refractivity contribution in [2.75, 3.05) is 20.8 Å². The summed E-state index contributed by atoms with van der Waals surface area (Å²) < 4.78 is 10.8. The van der Waals surface area contributed by atoms with Gasteiger partial charge in [-0.25, -0.2) is 0 Å². The quantitative estimate of drug-likeness (QED) is 0.713. The van der Waals surface area contributed by atoms with Gasteiger partial charge in [0, 0.05) is 7.05 Å². The van der Waals surface area contributed by atoms with Gasteiger partial charge in [0.2, 0.25) is 0 Å². The molecule has 0 aromatic heterocycles. The molecule has 2 N–H and O–H groups in total. The number of hydrogen-bond acceptors (Lipinski definition) is 6. The van der Waals surface area contributed by atoms with Crippen molar-refractivity contribution in [2.24, 2.45) is 4.99 Å². The van der Waals surface area contributed by atoms with Crippen LogP contribution in [0.3, 0.4) is 0 Å². The van der Waals surface area contributed by atoms with E-state index in [9.17, 15) is 9.59 Å². The van der Waals surface area contributed by atoms with Gasteiger partial charge in [0.25, 0.3) is 11.8 Å². The van der Waals surface area contributed by atoms with Crippen molar-refractivity contribution < 1.29 is 19.1 Å². The van der Waals surface area contributed by atoms with Crippen molar-refractivity contribution in [2.45, 2.75) is 38.1 Å². The molecule has 0 spiro atoms. The summed E-state index contributed by atoms with van der Waals surface area (Å²) in [5.74, 6) is 0.601. The Morgan fingerprint density at radius 3 is 2.82 bits per heavy atom. The van der Waals surface area contributed by atoms with Crippen LogP contribution in [0.5, 0.6) is 11.5 Å². The highest BCUT2D eigenvalue weighted by atomic mass is 32.2. The van der Waals surface area contributed by atoms with E-state index in [0.717, 1.165) is 18.4 Å². The van der Waals surface area contributed by atoms with E-state index in [2.05, 4.69) is 10.6 Å². The maximum Gasteiger partial charge on any atom is 0.264 e. The molecule has 3 rings (SSSR count). The number of nitrogens with one attached hydrogen (secondary N) is 2. The number of thioether (sulfide) groups is 1. The van der Waals surface area contributed by atoms with E-state index in [1.807, 2.05) is 6.07 Å². The highest BCUT2D eigenvalue weighted by Gasteiger charge is 2.25. The molecule has 150 valence electrons. The highest BCUT2D eigenvalue weighted by Crippen LogP contribution is 2.32. The molecule has 0 radical (unpaired) electrons. The Bertz CT molecular complexity index is 801. The van der Waals surface area contributed by atoms with E-state index < -0.39 is 0 Å². The fourth-order valence-electron chi connectivity index (χ4n) is 3.12. The average molecular weight is 404 g/mol. The van der Waals surface area contributed by atoms with Gasteiger partial charge in [0.1, 0.15) is 0 Å². The van der Waals surface area contributed by atoms with Gasteiger partial charge in [-0.15, -0.1) is 0 Å². The molecule has 1 saturated carbocycles. The standard InChI is InChI=1S/C20H25N3O4S/c1-21-18(24)12-27-15-9-8-13(10-16(15)26-2)11-17-19(25)23-20(28-17)22-14-6-4-3-5-7-14/h8-11,14H,3-7,12H2,1-2H3,(H,21,24)(H,22,23,25). The molecule has 1 aromatic rings. The predicted molar refractivity (Wildman–Crippen MR) is 111 cm³/mol. The topological polar surface area (TPSA) is 89.0 Å². The van der Waals surface area contributed by atoms with E-state index in [4.69, 9.17) is 14.5 Å². The first-order chi connectivity index (χ1) is 13.6. The summed E-state index contributed by atoms with van der Waals surface area (Å²) in [5.41, 5.74) is 0.806. The van der Waals surface area contributed by atoms with Gasteiger partial charge in [-0.3, -0.25) is 14.6 Å². The Kier molecular flexibility index (Phi) is 6.97. The van der Waals surface area contributed by atoms with Crippen molar-refractivity contribution >= 4 is 34.8 Å². The van der Waals surface area contributed by atoms with Gasteiger partial charge in [-0.05, 0) is 48.4 Å². The number of aliphatic imine (C=N–C) groups is 1. The first kappa shape index (κ1) is 20.3. The largest absolute Gasteiger partial charge is 0.493 e. The van der Waals surface area contributed by atoms with Crippen LogP contribution in [0.2, 0.25) is 0 Å². The minimum Gasteiger partial charge on any atom is -0.493 e. The number of benzene rings is 1. The van der Waals surface area contributed by atoms with Crippen LogP contribution in [0.1, 0.15) is 37.7 Å². The van der Waals surface area contributed by atoms with Gasteiger partial charge in [-0.2, -0.15) is 0 Å². The summed E-state index contributed by atoms with van der Waals surface area (Å²) in [5, 5.41) is 6.03. The second kappa shape index (κ2) is 9.64. The normalized spacial score (nSPS) is 20.3. The number of nitrogens with zero attached hydrogens (tertiary/aromatic N) is 1. The zero-order chi connectivity index (χ0) is 19.9. The second-order valence-corrected chi connectivity index (χ2v) is 7.69. The minimum absolute atomic E-state index is 0.0907. The Hall–Kier alpha value is -2.48. The van der Waals surface area contributed by atoms with Crippen LogP contribution in [0, 0.1) is 0 Å². The third-order valence-corrected chi connectivity index (χ3v) is 5.57. The lowest BCUT2D eigenvalue weighted by Gasteiger charge is -2.17. The van der Waals surface area contributed by atoms with Crippen LogP contribution in [-0.2, 0) is 9.59 Å². The van der Waals surface area contributed by atoms with Gasteiger partial charge in [0.05, 0.1) is 18.1 Å². The Labute approximate surface area is 169 Å². The molecule has 1 saturated heterocycles. The van der Waals surface area contributed by atoms with E-state index in [1.165, 1.54) is 38.1 Å². The first-order valence-corrected chi connectivity index (χ1v) is 10.2. The Morgan fingerprint density at radius 2 is 2.11 bits per heavy atom. The van der Waals surface area contributed by atoms with E-state index in [1.54, 1.807) is 25.3 Å². The Balaban J connectivity index is 1.70. The van der Waals surface area contributed by atoms with Crippen LogP contribution in [0.15, 0.2) is 28.1 Å². The number of amides is 2. The number of ether oxygens (including phenoxy) is 2. The molecular weight excluding hydrogens is 378 g/mol. The molecule has 0 bridgehead atoms. The van der Waals surface area contributed by atoms with Crippen molar-refractivity contribution in [3.8, 4) is 11.5 Å². The lowest BCUT2D eigenvalue weighted by atomic mass is 9.96. The Morgan fingerprint density at radius 1 is 1.32 bits per heavy atom. The molecule has 1 aliphatic heterocycles. The van der Waals surface area contributed by atoms with Crippen molar-refractivity contribution in [1.29, 1.82) is 0 Å². The molecule has 7 nitrogen and oxygen atoms in total. The lowest BCUT2D eigenvalue weighted by molar-refractivity contribution is -0.122. The number of carbonyl (C=O) groups is 2. The van der Waals surface area contributed by atoms with Crippen molar-refractivity contribution in [3.05, 3.63) is 28.7 Å². The van der Waals surface area contributed by atoms with Crippen LogP contribution in [0.25, 0.3) is 6.08 Å². The molecule has 0 atom stereocenters. The number of hydrogen-bond donors (Lipinski definition) is 2. The fraction of sp³-hybridized carbons (Fsp3) is 0.450. The summed E-state index contributed by atoms with van der Waals surface area (Å²) >= 11 is 1.37. The third-order valence-electron chi connectivity index (χ3n) is 4.65. The first-order valence-electron chi connectivity index (χ1n) is 9.39. The molecule has 8 heteroatoms. The number of rotatable bonds is 6. The number of likely N-dealkylation sites (N-methyl/N-ethyl adjacent to an activating group) is 1. The van der Waals surface area contributed by atoms with E-state index >= 15 is 0 Å². The zero-order valence-corrected chi connectivity index (χ0v) is 16.9. The zero-order valence-electron chi connectivity index (χ0n) is 16.1. The van der Waals surface area contributed by atoms with Crippen LogP contribution in [-0.4, -0.2) is 43.8 Å². The molecule has 2 fully saturated rings. The van der Waals surface area contributed by atoms with Crippen LogP contribution >= 0.6 is 11.8 Å². The van der Waals surface area contributed by atoms with Crippen molar-refractivity contribution in [1.82, 2.24) is 10.6 Å². The number of carbonyl (C=O) groups excluding carboxylic acids is 2. The van der Waals surface area contributed by atoms with Gasteiger partial charge in [0.15, 0.2) is 23.3 Å². The van der Waals surface area contributed by atoms with Gasteiger partial charge < -0.3 is 20.1 Å². The minimum atomic E-state index is -0.225. The molecular formula is C20H25N3O4S. The predicted octanol–water partition coefficient (Wildman–Crippen LogP) is 2.71. The smallest absolute Gasteiger partial charge is 0.264 e. The van der Waals surface area contributed by atoms with Crippen LogP contribution in [0.4, 0.5) is 0 Å². The summed E-state index contributed by atoms with van der Waals surface area (Å²) in [6.07, 6.45) is 7.67. The molecule has 1 aromatic carbocycles. The lowest BCUT2D eigenvalue weighted by Crippen LogP contribution is -2.24. The van der Waals surface area contributed by atoms with Crippen molar-refractivity contribution in [3.63, 3.8) is 0 Å². The number of methoxy groups -OCH3 is 1. The summed E-state index contributed by atoms with van der Waals surface area (Å²) in [4.78, 5) is 28.9. The van der Waals surface area contributed by atoms with E-state index in [-0.39, 0.29) is 18.4 Å². The maximum absolute atomic E-state index is 12.3. The highest BCUT2D eigenvalue weighted by molar-refractivity contribution is 8.18. The molecule has 1 heterocycles. The molecule has 28 heavy (non-hydrogen) atoms. The summed E-state index contributed by atoms with van der Waals surface area (Å²) in [7, 11) is 3.08. The number of amidine groups is 1. The summed E-state index contributed by atoms with van der Waals surface area (Å²) in [6.45, 7) is -0.0907. The average Bonchev–Trinajstić information content (AvgIpc) is 3.05. The molecule has 2 amide bonds. The SMILES string of the molecule is CNC(=O)COc1ccc(C=C2SC(=NC3CCCCC3)NC2=O)cc1OC. The van der Waals surface area contributed by atoms with E-state index in [0.29, 0.717) is 27.6 Å². The van der Waals surface area contributed by atoms with Gasteiger partial charge in [-0.1, -0.05) is 25.3 Å². The maximum atomic E-state index is 12.3. The van der Waals surface area contributed by atoms with Gasteiger partial charge >= 0.3 is 0 Å². The fourth-order valence-corrected chi connectivity index (χ4v) is 4.02. The second-order valence-electron chi connectivity index (χ2n) is 6.66. The molecule has 1 aliphatic carbocycles. The summed E-state index contributed by atoms with van der Waals surface area (Å²) in [6, 6.07) is 5.63. The monoisotopic (exact) mass is 403 g/mol. The molecule has 2 aliphatic rings. The third kappa shape index (κ3) is 5.28.